The Hall–Kier alpha value is -1.51. The summed E-state index contributed by atoms with van der Waals surface area (Å²) in [5, 5.41) is 0. The molecule has 0 bridgehead atoms. The van der Waals surface area contributed by atoms with Crippen LogP contribution in [0.3, 0.4) is 0 Å². The molecule has 0 saturated carbocycles. The highest BCUT2D eigenvalue weighted by Gasteiger charge is 2.25. The van der Waals surface area contributed by atoms with Crippen molar-refractivity contribution in [2.75, 3.05) is 6.61 Å². The second-order valence-electron chi connectivity index (χ2n) is 5.26. The van der Waals surface area contributed by atoms with Gasteiger partial charge in [-0.25, -0.2) is 0 Å². The molecular formula is C14H21NO2. The zero-order valence-corrected chi connectivity index (χ0v) is 11.0. The van der Waals surface area contributed by atoms with E-state index in [1.807, 2.05) is 18.2 Å². The Labute approximate surface area is 103 Å². The number of hydrogen-bond donors (Lipinski definition) is 1. The average Bonchev–Trinajstić information content (AvgIpc) is 2.26. The lowest BCUT2D eigenvalue weighted by molar-refractivity contribution is -0.127. The van der Waals surface area contributed by atoms with Crippen molar-refractivity contribution in [3.05, 3.63) is 29.8 Å². The van der Waals surface area contributed by atoms with E-state index in [0.717, 1.165) is 5.75 Å². The monoisotopic (exact) mass is 235 g/mol. The molecule has 3 nitrogen and oxygen atoms in total. The molecule has 3 heteroatoms. The highest BCUT2D eigenvalue weighted by atomic mass is 16.5. The van der Waals surface area contributed by atoms with E-state index in [-0.39, 0.29) is 5.91 Å². The van der Waals surface area contributed by atoms with E-state index in [0.29, 0.717) is 12.5 Å². The van der Waals surface area contributed by atoms with Crippen molar-refractivity contribution in [3.8, 4) is 5.75 Å². The fourth-order valence-corrected chi connectivity index (χ4v) is 1.30. The Morgan fingerprint density at radius 3 is 2.59 bits per heavy atom. The van der Waals surface area contributed by atoms with Crippen LogP contribution in [-0.2, 0) is 4.79 Å². The predicted octanol–water partition coefficient (Wildman–Crippen LogP) is 2.70. The van der Waals surface area contributed by atoms with Gasteiger partial charge in [0.05, 0.1) is 5.41 Å². The average molecular weight is 235 g/mol. The van der Waals surface area contributed by atoms with Gasteiger partial charge in [0.15, 0.2) is 0 Å². The normalized spacial score (nSPS) is 11.6. The van der Waals surface area contributed by atoms with Gasteiger partial charge in [-0.2, -0.15) is 0 Å². The van der Waals surface area contributed by atoms with Crippen molar-refractivity contribution in [1.29, 1.82) is 0 Å². The first-order chi connectivity index (χ1) is 7.83. The fourth-order valence-electron chi connectivity index (χ4n) is 1.30. The van der Waals surface area contributed by atoms with E-state index in [1.165, 1.54) is 5.56 Å². The Bertz CT molecular complexity index is 397. The summed E-state index contributed by atoms with van der Waals surface area (Å²) in [6.45, 7) is 8.12. The first kappa shape index (κ1) is 13.6. The minimum absolute atomic E-state index is 0.296. The predicted molar refractivity (Wildman–Crippen MR) is 69.0 cm³/mol. The van der Waals surface area contributed by atoms with Crippen molar-refractivity contribution < 1.29 is 9.53 Å². The number of carbonyl (C=O) groups is 1. The van der Waals surface area contributed by atoms with Gasteiger partial charge in [-0.3, -0.25) is 4.79 Å². The van der Waals surface area contributed by atoms with Crippen molar-refractivity contribution in [1.82, 2.24) is 0 Å². The molecular weight excluding hydrogens is 214 g/mol. The van der Waals surface area contributed by atoms with Crippen LogP contribution in [0.2, 0.25) is 0 Å². The van der Waals surface area contributed by atoms with E-state index in [2.05, 4.69) is 19.9 Å². The topological polar surface area (TPSA) is 52.3 Å². The first-order valence-corrected chi connectivity index (χ1v) is 5.85. The van der Waals surface area contributed by atoms with Gasteiger partial charge in [-0.1, -0.05) is 26.0 Å². The van der Waals surface area contributed by atoms with Crippen molar-refractivity contribution >= 4 is 5.91 Å². The van der Waals surface area contributed by atoms with Crippen LogP contribution in [0.1, 0.15) is 39.2 Å². The van der Waals surface area contributed by atoms with Crippen LogP contribution in [-0.4, -0.2) is 12.5 Å². The number of rotatable bonds is 5. The minimum Gasteiger partial charge on any atom is -0.492 e. The molecule has 1 amide bonds. The summed E-state index contributed by atoms with van der Waals surface area (Å²) < 4.78 is 5.62. The molecule has 1 aromatic rings. The largest absolute Gasteiger partial charge is 0.492 e. The molecule has 0 unspecified atom stereocenters. The van der Waals surface area contributed by atoms with Gasteiger partial charge < -0.3 is 10.5 Å². The number of ether oxygens (including phenoxy) is 1. The lowest BCUT2D eigenvalue weighted by Gasteiger charge is -2.21. The first-order valence-electron chi connectivity index (χ1n) is 5.85. The summed E-state index contributed by atoms with van der Waals surface area (Å²) in [6, 6.07) is 7.92. The van der Waals surface area contributed by atoms with Gasteiger partial charge in [0.25, 0.3) is 0 Å². The highest BCUT2D eigenvalue weighted by Crippen LogP contribution is 2.22. The van der Waals surface area contributed by atoms with Crippen LogP contribution in [0.5, 0.6) is 5.75 Å². The molecule has 0 spiro atoms. The summed E-state index contributed by atoms with van der Waals surface area (Å²) in [7, 11) is 0. The number of benzene rings is 1. The molecule has 0 fully saturated rings. The molecule has 0 radical (unpaired) electrons. The van der Waals surface area contributed by atoms with E-state index in [4.69, 9.17) is 10.5 Å². The maximum absolute atomic E-state index is 11.2. The molecule has 0 aliphatic heterocycles. The van der Waals surface area contributed by atoms with Crippen molar-refractivity contribution in [2.24, 2.45) is 11.1 Å². The lowest BCUT2D eigenvalue weighted by Crippen LogP contribution is -2.36. The standard InChI is InChI=1S/C14H21NO2/c1-10(2)11-6-5-7-12(8-11)17-9-14(3,4)13(15)16/h5-8,10H,9H2,1-4H3,(H2,15,16). The summed E-state index contributed by atoms with van der Waals surface area (Å²) in [5.74, 6) is 0.894. The summed E-state index contributed by atoms with van der Waals surface area (Å²) in [5.41, 5.74) is 5.87. The zero-order valence-electron chi connectivity index (χ0n) is 11.0. The van der Waals surface area contributed by atoms with Gasteiger partial charge in [0, 0.05) is 0 Å². The van der Waals surface area contributed by atoms with Crippen LogP contribution in [0.4, 0.5) is 0 Å². The molecule has 0 aliphatic rings. The second kappa shape index (κ2) is 5.21. The van der Waals surface area contributed by atoms with Crippen molar-refractivity contribution in [2.45, 2.75) is 33.6 Å². The third kappa shape index (κ3) is 3.77. The van der Waals surface area contributed by atoms with Gasteiger partial charge in [0.1, 0.15) is 12.4 Å². The van der Waals surface area contributed by atoms with Crippen LogP contribution < -0.4 is 10.5 Å². The minimum atomic E-state index is -0.645. The van der Waals surface area contributed by atoms with Crippen molar-refractivity contribution in [3.63, 3.8) is 0 Å². The van der Waals surface area contributed by atoms with Gasteiger partial charge in [0.2, 0.25) is 5.91 Å². The second-order valence-corrected chi connectivity index (χ2v) is 5.26. The Balaban J connectivity index is 2.70. The lowest BCUT2D eigenvalue weighted by atomic mass is 9.94. The summed E-state index contributed by atoms with van der Waals surface area (Å²) >= 11 is 0. The maximum Gasteiger partial charge on any atom is 0.226 e. The molecule has 0 atom stereocenters. The van der Waals surface area contributed by atoms with Crippen LogP contribution >= 0.6 is 0 Å². The molecule has 1 rings (SSSR count). The Morgan fingerprint density at radius 1 is 1.41 bits per heavy atom. The molecule has 94 valence electrons. The quantitative estimate of drug-likeness (QED) is 0.853. The molecule has 1 aromatic carbocycles. The number of amides is 1. The SMILES string of the molecule is CC(C)c1cccc(OCC(C)(C)C(N)=O)c1. The van der Waals surface area contributed by atoms with Gasteiger partial charge >= 0.3 is 0 Å². The summed E-state index contributed by atoms with van der Waals surface area (Å²) in [6.07, 6.45) is 0. The van der Waals surface area contributed by atoms with E-state index >= 15 is 0 Å². The molecule has 0 saturated heterocycles. The number of nitrogens with two attached hydrogens (primary N) is 1. The Morgan fingerprint density at radius 2 is 2.06 bits per heavy atom. The van der Waals surface area contributed by atoms with Crippen LogP contribution in [0.15, 0.2) is 24.3 Å². The molecule has 17 heavy (non-hydrogen) atoms. The van der Waals surface area contributed by atoms with Gasteiger partial charge in [-0.05, 0) is 37.5 Å². The molecule has 0 heterocycles. The molecule has 2 N–H and O–H groups in total. The number of hydrogen-bond acceptors (Lipinski definition) is 2. The van der Waals surface area contributed by atoms with E-state index in [9.17, 15) is 4.79 Å². The third-order valence-corrected chi connectivity index (χ3v) is 2.79. The van der Waals surface area contributed by atoms with Crippen LogP contribution in [0.25, 0.3) is 0 Å². The van der Waals surface area contributed by atoms with Gasteiger partial charge in [-0.15, -0.1) is 0 Å². The zero-order chi connectivity index (χ0) is 13.1. The Kier molecular flexibility index (Phi) is 4.16. The van der Waals surface area contributed by atoms with Crippen LogP contribution in [0, 0.1) is 5.41 Å². The maximum atomic E-state index is 11.2. The molecule has 0 aromatic heterocycles. The third-order valence-electron chi connectivity index (χ3n) is 2.79. The molecule has 0 aliphatic carbocycles. The number of carbonyl (C=O) groups excluding carboxylic acids is 1. The highest BCUT2D eigenvalue weighted by molar-refractivity contribution is 5.80. The summed E-state index contributed by atoms with van der Waals surface area (Å²) in [4.78, 5) is 11.2. The smallest absolute Gasteiger partial charge is 0.226 e. The fraction of sp³-hybridized carbons (Fsp3) is 0.500. The van der Waals surface area contributed by atoms with E-state index < -0.39 is 5.41 Å². The number of primary amides is 1. The van der Waals surface area contributed by atoms with E-state index in [1.54, 1.807) is 13.8 Å².